The van der Waals surface area contributed by atoms with Crippen molar-refractivity contribution in [2.24, 2.45) is 0 Å². The van der Waals surface area contributed by atoms with Crippen LogP contribution in [0.15, 0.2) is 24.3 Å². The second-order valence-corrected chi connectivity index (χ2v) is 3.63. The van der Waals surface area contributed by atoms with Gasteiger partial charge in [0.25, 0.3) is 0 Å². The summed E-state index contributed by atoms with van der Waals surface area (Å²) in [5.41, 5.74) is 1.34. The van der Waals surface area contributed by atoms with Crippen LogP contribution in [0.25, 0.3) is 0 Å². The molecule has 1 aliphatic rings. The monoisotopic (exact) mass is 257 g/mol. The molecule has 1 aromatic carbocycles. The lowest BCUT2D eigenvalue weighted by Gasteiger charge is -2.22. The zero-order valence-electron chi connectivity index (χ0n) is 8.07. The van der Waals surface area contributed by atoms with Crippen LogP contribution >= 0.6 is 17.0 Å². The SMILES string of the molecule is Br.Oc1ccc(C2CCCNC2)cc1. The van der Waals surface area contributed by atoms with E-state index in [0.717, 1.165) is 13.1 Å². The third-order valence-electron chi connectivity index (χ3n) is 2.66. The number of benzene rings is 1. The molecule has 0 aliphatic carbocycles. The van der Waals surface area contributed by atoms with E-state index in [1.54, 1.807) is 12.1 Å². The maximum absolute atomic E-state index is 9.14. The van der Waals surface area contributed by atoms with Gasteiger partial charge in [0.05, 0.1) is 0 Å². The standard InChI is InChI=1S/C11H15NO.BrH/c13-11-5-3-9(4-6-11)10-2-1-7-12-8-10;/h3-6,10,12-13H,1-2,7-8H2;1H. The fourth-order valence-electron chi connectivity index (χ4n) is 1.88. The minimum absolute atomic E-state index is 0. The van der Waals surface area contributed by atoms with Crippen LogP contribution in [0, 0.1) is 0 Å². The summed E-state index contributed by atoms with van der Waals surface area (Å²) in [6.07, 6.45) is 2.52. The molecule has 2 nitrogen and oxygen atoms in total. The minimum atomic E-state index is 0. The van der Waals surface area contributed by atoms with Gasteiger partial charge in [-0.2, -0.15) is 0 Å². The van der Waals surface area contributed by atoms with Gasteiger partial charge in [0.1, 0.15) is 5.75 Å². The summed E-state index contributed by atoms with van der Waals surface area (Å²) < 4.78 is 0. The van der Waals surface area contributed by atoms with Crippen molar-refractivity contribution in [3.63, 3.8) is 0 Å². The molecule has 3 heteroatoms. The Morgan fingerprint density at radius 2 is 1.93 bits per heavy atom. The van der Waals surface area contributed by atoms with Crippen molar-refractivity contribution >= 4 is 17.0 Å². The highest BCUT2D eigenvalue weighted by Gasteiger charge is 2.14. The van der Waals surface area contributed by atoms with E-state index in [-0.39, 0.29) is 17.0 Å². The lowest BCUT2D eigenvalue weighted by atomic mass is 9.92. The average Bonchev–Trinajstić information content (AvgIpc) is 2.20. The van der Waals surface area contributed by atoms with Crippen molar-refractivity contribution in [3.8, 4) is 5.75 Å². The Balaban J connectivity index is 0.000000980. The van der Waals surface area contributed by atoms with Crippen LogP contribution in [0.3, 0.4) is 0 Å². The number of nitrogens with one attached hydrogen (secondary N) is 1. The van der Waals surface area contributed by atoms with Crippen LogP contribution in [-0.4, -0.2) is 18.2 Å². The third-order valence-corrected chi connectivity index (χ3v) is 2.66. The highest BCUT2D eigenvalue weighted by Crippen LogP contribution is 2.24. The molecule has 0 spiro atoms. The third kappa shape index (κ3) is 2.72. The number of hydrogen-bond donors (Lipinski definition) is 2. The maximum Gasteiger partial charge on any atom is 0.115 e. The average molecular weight is 258 g/mol. The topological polar surface area (TPSA) is 32.3 Å². The number of aromatic hydroxyl groups is 1. The maximum atomic E-state index is 9.14. The second-order valence-electron chi connectivity index (χ2n) is 3.63. The Labute approximate surface area is 95.1 Å². The molecule has 0 bridgehead atoms. The molecule has 1 saturated heterocycles. The Kier molecular flexibility index (Phi) is 4.42. The fourth-order valence-corrected chi connectivity index (χ4v) is 1.88. The van der Waals surface area contributed by atoms with Crippen LogP contribution in [0.2, 0.25) is 0 Å². The first kappa shape index (κ1) is 11.5. The summed E-state index contributed by atoms with van der Waals surface area (Å²) in [7, 11) is 0. The molecule has 0 radical (unpaired) electrons. The smallest absolute Gasteiger partial charge is 0.115 e. The minimum Gasteiger partial charge on any atom is -0.508 e. The Bertz CT molecular complexity index is 267. The first-order valence-electron chi connectivity index (χ1n) is 4.86. The van der Waals surface area contributed by atoms with Gasteiger partial charge in [-0.3, -0.25) is 0 Å². The molecule has 0 saturated carbocycles. The first-order chi connectivity index (χ1) is 6.36. The van der Waals surface area contributed by atoms with Crippen LogP contribution in [-0.2, 0) is 0 Å². The van der Waals surface area contributed by atoms with Gasteiger partial charge in [0.15, 0.2) is 0 Å². The summed E-state index contributed by atoms with van der Waals surface area (Å²) >= 11 is 0. The molecule has 1 unspecified atom stereocenters. The first-order valence-corrected chi connectivity index (χ1v) is 4.86. The van der Waals surface area contributed by atoms with E-state index < -0.39 is 0 Å². The number of phenols is 1. The van der Waals surface area contributed by atoms with Gasteiger partial charge in [-0.15, -0.1) is 17.0 Å². The van der Waals surface area contributed by atoms with Gasteiger partial charge < -0.3 is 10.4 Å². The highest BCUT2D eigenvalue weighted by molar-refractivity contribution is 8.93. The predicted octanol–water partition coefficient (Wildman–Crippen LogP) is 2.44. The molecule has 14 heavy (non-hydrogen) atoms. The molecule has 1 aromatic rings. The normalized spacial score (nSPS) is 21.3. The molecule has 1 heterocycles. The zero-order chi connectivity index (χ0) is 9.10. The quantitative estimate of drug-likeness (QED) is 0.810. The number of halogens is 1. The van der Waals surface area contributed by atoms with Gasteiger partial charge in [-0.1, -0.05) is 12.1 Å². The van der Waals surface area contributed by atoms with Gasteiger partial charge >= 0.3 is 0 Å². The van der Waals surface area contributed by atoms with E-state index >= 15 is 0 Å². The molecule has 2 N–H and O–H groups in total. The predicted molar refractivity (Wildman–Crippen MR) is 63.3 cm³/mol. The highest BCUT2D eigenvalue weighted by atomic mass is 79.9. The summed E-state index contributed by atoms with van der Waals surface area (Å²) in [5.74, 6) is 0.988. The molecular formula is C11H16BrNO. The van der Waals surface area contributed by atoms with Crippen molar-refractivity contribution < 1.29 is 5.11 Å². The van der Waals surface area contributed by atoms with Crippen LogP contribution < -0.4 is 5.32 Å². The summed E-state index contributed by atoms with van der Waals surface area (Å²) in [6, 6.07) is 7.58. The number of hydrogen-bond acceptors (Lipinski definition) is 2. The van der Waals surface area contributed by atoms with Crippen molar-refractivity contribution in [2.75, 3.05) is 13.1 Å². The van der Waals surface area contributed by atoms with E-state index in [2.05, 4.69) is 5.32 Å². The van der Waals surface area contributed by atoms with E-state index in [1.165, 1.54) is 18.4 Å². The van der Waals surface area contributed by atoms with E-state index in [1.807, 2.05) is 12.1 Å². The number of piperidine rings is 1. The Hall–Kier alpha value is -0.540. The summed E-state index contributed by atoms with van der Waals surface area (Å²) in [6.45, 7) is 2.22. The molecule has 1 fully saturated rings. The van der Waals surface area contributed by atoms with Gasteiger partial charge in [-0.25, -0.2) is 0 Å². The molecule has 1 atom stereocenters. The van der Waals surface area contributed by atoms with Crippen LogP contribution in [0.5, 0.6) is 5.75 Å². The Morgan fingerprint density at radius 1 is 1.21 bits per heavy atom. The van der Waals surface area contributed by atoms with E-state index in [4.69, 9.17) is 5.11 Å². The number of rotatable bonds is 1. The molecule has 78 valence electrons. The van der Waals surface area contributed by atoms with Gasteiger partial charge in [0, 0.05) is 6.54 Å². The Morgan fingerprint density at radius 3 is 2.50 bits per heavy atom. The molecular weight excluding hydrogens is 242 g/mol. The van der Waals surface area contributed by atoms with Gasteiger partial charge in [-0.05, 0) is 43.0 Å². The molecule has 0 aromatic heterocycles. The van der Waals surface area contributed by atoms with Crippen molar-refractivity contribution in [3.05, 3.63) is 29.8 Å². The van der Waals surface area contributed by atoms with E-state index in [0.29, 0.717) is 11.7 Å². The lowest BCUT2D eigenvalue weighted by molar-refractivity contribution is 0.458. The van der Waals surface area contributed by atoms with Crippen molar-refractivity contribution in [1.29, 1.82) is 0 Å². The zero-order valence-corrected chi connectivity index (χ0v) is 9.78. The van der Waals surface area contributed by atoms with Crippen LogP contribution in [0.1, 0.15) is 24.3 Å². The number of phenolic OH excluding ortho intramolecular Hbond substituents is 1. The van der Waals surface area contributed by atoms with Crippen molar-refractivity contribution in [1.82, 2.24) is 5.32 Å². The summed E-state index contributed by atoms with van der Waals surface area (Å²) in [4.78, 5) is 0. The second kappa shape index (κ2) is 5.37. The largest absolute Gasteiger partial charge is 0.508 e. The van der Waals surface area contributed by atoms with E-state index in [9.17, 15) is 0 Å². The molecule has 1 aliphatic heterocycles. The molecule has 0 amide bonds. The molecule has 2 rings (SSSR count). The van der Waals surface area contributed by atoms with Gasteiger partial charge in [0.2, 0.25) is 0 Å². The lowest BCUT2D eigenvalue weighted by Crippen LogP contribution is -2.28. The fraction of sp³-hybridized carbons (Fsp3) is 0.455. The summed E-state index contributed by atoms with van der Waals surface area (Å²) in [5, 5.41) is 12.5. The van der Waals surface area contributed by atoms with Crippen molar-refractivity contribution in [2.45, 2.75) is 18.8 Å². The van der Waals surface area contributed by atoms with Crippen LogP contribution in [0.4, 0.5) is 0 Å².